The first-order valence-corrected chi connectivity index (χ1v) is 9.32. The maximum atomic E-state index is 12.4. The number of tetrazole rings is 1. The summed E-state index contributed by atoms with van der Waals surface area (Å²) in [6.07, 6.45) is 0. The van der Waals surface area contributed by atoms with E-state index in [4.69, 9.17) is 9.47 Å². The molecule has 1 heterocycles. The van der Waals surface area contributed by atoms with Crippen molar-refractivity contribution in [3.05, 3.63) is 78.4 Å². The predicted octanol–water partition coefficient (Wildman–Crippen LogP) is 3.50. The predicted molar refractivity (Wildman–Crippen MR) is 110 cm³/mol. The lowest BCUT2D eigenvalue weighted by Gasteiger charge is -2.11. The molecule has 8 heteroatoms. The molecule has 1 N–H and O–H groups in total. The SMILES string of the molecule is CCOc1ccc(Oc2ccc(N=C([O-])c3ccc(-c4nn[nH]n4)cc3)cc2)cc1. The molecule has 4 aromatic rings. The Bertz CT molecular complexity index is 1110. The summed E-state index contributed by atoms with van der Waals surface area (Å²) in [5.41, 5.74) is 1.77. The molecule has 30 heavy (non-hydrogen) atoms. The van der Waals surface area contributed by atoms with Gasteiger partial charge in [-0.1, -0.05) is 24.3 Å². The summed E-state index contributed by atoms with van der Waals surface area (Å²) in [6, 6.07) is 21.2. The quantitative estimate of drug-likeness (QED) is 0.376. The fraction of sp³-hybridized carbons (Fsp3) is 0.0909. The Labute approximate surface area is 172 Å². The van der Waals surface area contributed by atoms with E-state index in [-0.39, 0.29) is 5.90 Å². The van der Waals surface area contributed by atoms with Crippen molar-refractivity contribution in [2.75, 3.05) is 6.61 Å². The zero-order chi connectivity index (χ0) is 20.8. The van der Waals surface area contributed by atoms with Crippen LogP contribution in [0.3, 0.4) is 0 Å². The fourth-order valence-corrected chi connectivity index (χ4v) is 2.72. The largest absolute Gasteiger partial charge is 0.858 e. The molecule has 0 aliphatic heterocycles. The molecule has 0 radical (unpaired) electrons. The van der Waals surface area contributed by atoms with Gasteiger partial charge in [-0.15, -0.1) is 10.2 Å². The monoisotopic (exact) mass is 400 g/mol. The molecule has 4 rings (SSSR count). The zero-order valence-electron chi connectivity index (χ0n) is 16.1. The van der Waals surface area contributed by atoms with Gasteiger partial charge in [-0.05, 0) is 72.1 Å². The van der Waals surface area contributed by atoms with Gasteiger partial charge in [0.15, 0.2) is 0 Å². The maximum absolute atomic E-state index is 12.4. The van der Waals surface area contributed by atoms with Crippen LogP contribution in [-0.4, -0.2) is 33.1 Å². The lowest BCUT2D eigenvalue weighted by molar-refractivity contribution is -0.212. The van der Waals surface area contributed by atoms with Crippen molar-refractivity contribution in [3.63, 3.8) is 0 Å². The minimum absolute atomic E-state index is 0.338. The van der Waals surface area contributed by atoms with E-state index in [2.05, 4.69) is 25.6 Å². The maximum Gasteiger partial charge on any atom is 0.204 e. The first-order valence-electron chi connectivity index (χ1n) is 9.32. The molecule has 0 unspecified atom stereocenters. The molecule has 0 fully saturated rings. The van der Waals surface area contributed by atoms with Crippen molar-refractivity contribution in [2.45, 2.75) is 6.92 Å². The van der Waals surface area contributed by atoms with E-state index < -0.39 is 0 Å². The molecule has 3 aromatic carbocycles. The second-order valence-electron chi connectivity index (χ2n) is 6.23. The van der Waals surface area contributed by atoms with E-state index >= 15 is 0 Å². The number of aliphatic imine (C=N–C) groups is 1. The van der Waals surface area contributed by atoms with Crippen LogP contribution in [0.5, 0.6) is 17.2 Å². The van der Waals surface area contributed by atoms with Gasteiger partial charge in [0, 0.05) is 5.56 Å². The average Bonchev–Trinajstić information content (AvgIpc) is 3.32. The number of ether oxygens (including phenoxy) is 2. The van der Waals surface area contributed by atoms with E-state index in [9.17, 15) is 5.11 Å². The highest BCUT2D eigenvalue weighted by Crippen LogP contribution is 2.26. The second kappa shape index (κ2) is 8.87. The van der Waals surface area contributed by atoms with Crippen molar-refractivity contribution in [2.24, 2.45) is 4.99 Å². The van der Waals surface area contributed by atoms with Crippen molar-refractivity contribution >= 4 is 11.6 Å². The number of nitrogens with one attached hydrogen (secondary N) is 1. The van der Waals surface area contributed by atoms with Crippen molar-refractivity contribution in [3.8, 4) is 28.6 Å². The van der Waals surface area contributed by atoms with Crippen LogP contribution in [0.25, 0.3) is 11.4 Å². The van der Waals surface area contributed by atoms with Crippen molar-refractivity contribution < 1.29 is 14.6 Å². The number of nitrogens with zero attached hydrogens (tertiary/aromatic N) is 4. The Morgan fingerprint density at radius 3 is 2.13 bits per heavy atom. The summed E-state index contributed by atoms with van der Waals surface area (Å²) in [5.74, 6) is 2.27. The van der Waals surface area contributed by atoms with Crippen LogP contribution in [0.4, 0.5) is 5.69 Å². The molecular formula is C22H18N5O3-. The highest BCUT2D eigenvalue weighted by Gasteiger charge is 2.03. The van der Waals surface area contributed by atoms with Crippen LogP contribution in [-0.2, 0) is 0 Å². The number of benzene rings is 3. The van der Waals surface area contributed by atoms with Crippen LogP contribution >= 0.6 is 0 Å². The van der Waals surface area contributed by atoms with Gasteiger partial charge in [-0.3, -0.25) is 4.99 Å². The Kier molecular flexibility index (Phi) is 5.66. The molecule has 0 bridgehead atoms. The number of aromatic amines is 1. The third-order valence-corrected chi connectivity index (χ3v) is 4.17. The fourth-order valence-electron chi connectivity index (χ4n) is 2.72. The molecule has 0 saturated heterocycles. The number of hydrogen-bond acceptors (Lipinski definition) is 7. The topological polar surface area (TPSA) is 108 Å². The Hall–Kier alpha value is -4.20. The Balaban J connectivity index is 1.42. The smallest absolute Gasteiger partial charge is 0.204 e. The van der Waals surface area contributed by atoms with Crippen molar-refractivity contribution in [1.82, 2.24) is 20.6 Å². The van der Waals surface area contributed by atoms with Crippen LogP contribution < -0.4 is 14.6 Å². The highest BCUT2D eigenvalue weighted by atomic mass is 16.5. The van der Waals surface area contributed by atoms with E-state index in [0.29, 0.717) is 35.2 Å². The van der Waals surface area contributed by atoms with Gasteiger partial charge in [0.25, 0.3) is 0 Å². The van der Waals surface area contributed by atoms with Gasteiger partial charge in [0.2, 0.25) is 5.82 Å². The summed E-state index contributed by atoms with van der Waals surface area (Å²) in [6.45, 7) is 2.56. The van der Waals surface area contributed by atoms with Gasteiger partial charge in [0.1, 0.15) is 17.2 Å². The Morgan fingerprint density at radius 1 is 0.900 bits per heavy atom. The summed E-state index contributed by atoms with van der Waals surface area (Å²) in [4.78, 5) is 4.14. The summed E-state index contributed by atoms with van der Waals surface area (Å²) in [5, 5.41) is 26.1. The lowest BCUT2D eigenvalue weighted by atomic mass is 10.1. The zero-order valence-corrected chi connectivity index (χ0v) is 16.1. The molecule has 0 aliphatic carbocycles. The molecule has 0 saturated carbocycles. The summed E-state index contributed by atoms with van der Waals surface area (Å²) < 4.78 is 11.2. The summed E-state index contributed by atoms with van der Waals surface area (Å²) in [7, 11) is 0. The van der Waals surface area contributed by atoms with Gasteiger partial charge >= 0.3 is 0 Å². The van der Waals surface area contributed by atoms with Crippen LogP contribution in [0, 0.1) is 0 Å². The lowest BCUT2D eigenvalue weighted by Crippen LogP contribution is -2.18. The number of hydrogen-bond donors (Lipinski definition) is 1. The first kappa shape index (κ1) is 19.1. The minimum Gasteiger partial charge on any atom is -0.858 e. The third-order valence-electron chi connectivity index (χ3n) is 4.17. The van der Waals surface area contributed by atoms with Gasteiger partial charge < -0.3 is 14.6 Å². The third kappa shape index (κ3) is 4.61. The molecule has 0 amide bonds. The summed E-state index contributed by atoms with van der Waals surface area (Å²) >= 11 is 0. The Morgan fingerprint density at radius 2 is 1.53 bits per heavy atom. The van der Waals surface area contributed by atoms with Crippen LogP contribution in [0.2, 0.25) is 0 Å². The first-order chi connectivity index (χ1) is 14.7. The van der Waals surface area contributed by atoms with Gasteiger partial charge in [-0.25, -0.2) is 0 Å². The van der Waals surface area contributed by atoms with Gasteiger partial charge in [-0.2, -0.15) is 5.21 Å². The van der Waals surface area contributed by atoms with Gasteiger partial charge in [0.05, 0.1) is 12.3 Å². The second-order valence-corrected chi connectivity index (χ2v) is 6.23. The highest BCUT2D eigenvalue weighted by molar-refractivity contribution is 5.92. The molecule has 8 nitrogen and oxygen atoms in total. The average molecular weight is 400 g/mol. The van der Waals surface area contributed by atoms with E-state index in [1.807, 2.05) is 31.2 Å². The van der Waals surface area contributed by atoms with E-state index in [1.54, 1.807) is 48.5 Å². The van der Waals surface area contributed by atoms with E-state index in [1.165, 1.54) is 0 Å². The van der Waals surface area contributed by atoms with Crippen molar-refractivity contribution in [1.29, 1.82) is 0 Å². The van der Waals surface area contributed by atoms with Crippen LogP contribution in [0.15, 0.2) is 77.8 Å². The number of rotatable bonds is 7. The standard InChI is InChI=1S/C22H19N5O3/c1-2-29-18-11-13-20(14-12-18)30-19-9-7-17(8-10-19)23-22(28)16-5-3-15(4-6-16)21-24-26-27-25-21/h3-14H,2H2,1H3,(H,23,28)(H,24,25,26,27)/p-1. The molecule has 1 aromatic heterocycles. The normalized spacial score (nSPS) is 11.3. The number of H-pyrrole nitrogens is 1. The molecule has 0 spiro atoms. The minimum atomic E-state index is -0.338. The van der Waals surface area contributed by atoms with E-state index in [0.717, 1.165) is 11.3 Å². The van der Waals surface area contributed by atoms with Crippen LogP contribution in [0.1, 0.15) is 12.5 Å². The molecule has 0 atom stereocenters. The molecular weight excluding hydrogens is 382 g/mol. The molecule has 0 aliphatic rings. The molecule has 150 valence electrons. The number of aromatic nitrogens is 4.